The first-order valence-electron chi connectivity index (χ1n) is 7.84. The third-order valence-electron chi connectivity index (χ3n) is 3.75. The van der Waals surface area contributed by atoms with E-state index in [-0.39, 0.29) is 11.6 Å². The van der Waals surface area contributed by atoms with Crippen LogP contribution >= 0.6 is 27.9 Å². The number of aromatic amines is 1. The van der Waals surface area contributed by atoms with Gasteiger partial charge in [-0.05, 0) is 19.1 Å². The highest BCUT2D eigenvalue weighted by Gasteiger charge is 2.22. The zero-order valence-electron chi connectivity index (χ0n) is 14.7. The van der Waals surface area contributed by atoms with Crippen molar-refractivity contribution in [3.8, 4) is 5.88 Å². The van der Waals surface area contributed by atoms with E-state index in [1.807, 2.05) is 0 Å². The lowest BCUT2D eigenvalue weighted by Crippen LogP contribution is -2.26. The molecule has 2 aromatic heterocycles. The van der Waals surface area contributed by atoms with Crippen molar-refractivity contribution in [3.05, 3.63) is 41.4 Å². The van der Waals surface area contributed by atoms with Gasteiger partial charge in [-0.1, -0.05) is 11.6 Å². The molecular weight excluding hydrogens is 496 g/mol. The first-order chi connectivity index (χ1) is 13.7. The van der Waals surface area contributed by atoms with Crippen molar-refractivity contribution >= 4 is 61.1 Å². The Hall–Kier alpha value is -2.35. The van der Waals surface area contributed by atoms with Crippen LogP contribution in [0.2, 0.25) is 5.02 Å². The average Bonchev–Trinajstić information content (AvgIpc) is 3.24. The lowest BCUT2D eigenvalue weighted by molar-refractivity contribution is 0.0522. The minimum absolute atomic E-state index is 0.00573. The molecule has 0 radical (unpaired) electrons. The molecule has 0 aliphatic carbocycles. The average molecular weight is 511 g/mol. The number of H-pyrrole nitrogens is 1. The largest absolute Gasteiger partial charge is 0.401 e. The third-order valence-corrected chi connectivity index (χ3v) is 5.51. The number of halogens is 4. The van der Waals surface area contributed by atoms with Gasteiger partial charge < -0.3 is 14.5 Å². The molecule has 0 spiro atoms. The van der Waals surface area contributed by atoms with Gasteiger partial charge in [-0.2, -0.15) is 18.6 Å². The highest BCUT2D eigenvalue weighted by atomic mass is 79.9. The second-order valence-corrected chi connectivity index (χ2v) is 7.70. The van der Waals surface area contributed by atoms with E-state index < -0.39 is 17.5 Å². The molecule has 0 bridgehead atoms. The molecule has 3 rings (SSSR count). The Balaban J connectivity index is 1.99. The minimum Gasteiger partial charge on any atom is -0.401 e. The van der Waals surface area contributed by atoms with Crippen LogP contribution in [0.25, 0.3) is 10.9 Å². The minimum atomic E-state index is -2.93. The van der Waals surface area contributed by atoms with E-state index in [9.17, 15) is 13.0 Å². The molecule has 0 fully saturated rings. The second-order valence-electron chi connectivity index (χ2n) is 5.79. The fourth-order valence-electron chi connectivity index (χ4n) is 2.61. The molecule has 14 heteroatoms. The van der Waals surface area contributed by atoms with Gasteiger partial charge in [-0.15, -0.1) is 0 Å². The highest BCUT2D eigenvalue weighted by Crippen LogP contribution is 2.36. The van der Waals surface area contributed by atoms with Crippen LogP contribution in [0.15, 0.2) is 41.3 Å². The van der Waals surface area contributed by atoms with Gasteiger partial charge in [0, 0.05) is 23.5 Å². The van der Waals surface area contributed by atoms with Gasteiger partial charge in [-0.25, -0.2) is 10.1 Å². The molecule has 0 aliphatic heterocycles. The van der Waals surface area contributed by atoms with E-state index in [0.29, 0.717) is 36.9 Å². The lowest BCUT2D eigenvalue weighted by Gasteiger charge is -2.17. The van der Waals surface area contributed by atoms with Gasteiger partial charge in [0.25, 0.3) is 5.88 Å². The Bertz CT molecular complexity index is 1100. The van der Waals surface area contributed by atoms with Gasteiger partial charge in [-0.3, -0.25) is 9.73 Å². The van der Waals surface area contributed by atoms with Crippen LogP contribution in [0.3, 0.4) is 0 Å². The van der Waals surface area contributed by atoms with E-state index in [2.05, 4.69) is 31.1 Å². The molecule has 0 aliphatic rings. The van der Waals surface area contributed by atoms with Crippen molar-refractivity contribution < 1.29 is 16.8 Å². The maximum atomic E-state index is 12.9. The number of alkyl halides is 2. The van der Waals surface area contributed by atoms with Crippen molar-refractivity contribution in [2.45, 2.75) is 18.4 Å². The Morgan fingerprint density at radius 1 is 1.55 bits per heavy atom. The number of anilines is 2. The topological polar surface area (TPSA) is 127 Å². The van der Waals surface area contributed by atoms with Gasteiger partial charge in [0.2, 0.25) is 0 Å². The number of nitrogens with two attached hydrogens (primary N) is 2. The summed E-state index contributed by atoms with van der Waals surface area (Å²) in [6.45, 7) is -1.27. The van der Waals surface area contributed by atoms with E-state index in [1.165, 1.54) is 17.4 Å². The SMILES string of the molecule is C/C(N)=C/N(N)c1c(Cl)ccc2c(S(=O)Nc3cnn(C(F)F)c3OBr)c[nH]c12. The summed E-state index contributed by atoms with van der Waals surface area (Å²) in [5.41, 5.74) is 7.07. The first-order valence-corrected chi connectivity index (χ1v) is 10.0. The van der Waals surface area contributed by atoms with E-state index >= 15 is 0 Å². The summed E-state index contributed by atoms with van der Waals surface area (Å²) < 4.78 is 46.4. The Kier molecular flexibility index (Phi) is 6.31. The third kappa shape index (κ3) is 4.17. The normalized spacial score (nSPS) is 13.1. The number of aromatic nitrogens is 3. The predicted molar refractivity (Wildman–Crippen MR) is 111 cm³/mol. The molecule has 29 heavy (non-hydrogen) atoms. The molecule has 0 saturated heterocycles. The quantitative estimate of drug-likeness (QED) is 0.283. The van der Waals surface area contributed by atoms with Crippen LogP contribution in [0, 0.1) is 0 Å². The summed E-state index contributed by atoms with van der Waals surface area (Å²) in [5, 5.41) is 5.66. The first kappa shape index (κ1) is 21.4. The zero-order valence-corrected chi connectivity index (χ0v) is 17.9. The number of nitrogens with one attached hydrogen (secondary N) is 2. The number of fused-ring (bicyclic) bond motifs is 1. The molecule has 0 saturated carbocycles. The summed E-state index contributed by atoms with van der Waals surface area (Å²) in [7, 11) is -1.85. The van der Waals surface area contributed by atoms with Gasteiger partial charge in [0.05, 0.1) is 27.3 Å². The number of benzene rings is 1. The van der Waals surface area contributed by atoms with Crippen molar-refractivity contribution in [1.82, 2.24) is 14.8 Å². The number of hydrogen-bond donors (Lipinski definition) is 4. The van der Waals surface area contributed by atoms with Gasteiger partial charge >= 0.3 is 6.55 Å². The van der Waals surface area contributed by atoms with Crippen molar-refractivity contribution in [3.63, 3.8) is 0 Å². The van der Waals surface area contributed by atoms with E-state index in [4.69, 9.17) is 27.0 Å². The molecule has 2 heterocycles. The fraction of sp³-hybridized carbons (Fsp3) is 0.133. The maximum Gasteiger partial charge on any atom is 0.336 e. The van der Waals surface area contributed by atoms with E-state index in [0.717, 1.165) is 6.20 Å². The van der Waals surface area contributed by atoms with Crippen LogP contribution in [-0.2, 0) is 11.0 Å². The number of hydrogen-bond acceptors (Lipinski definition) is 6. The van der Waals surface area contributed by atoms with Gasteiger partial charge in [0.1, 0.15) is 5.69 Å². The molecule has 9 nitrogen and oxygen atoms in total. The van der Waals surface area contributed by atoms with Crippen LogP contribution in [-0.4, -0.2) is 19.0 Å². The Morgan fingerprint density at radius 3 is 2.90 bits per heavy atom. The smallest absolute Gasteiger partial charge is 0.336 e. The molecule has 1 unspecified atom stereocenters. The van der Waals surface area contributed by atoms with Crippen molar-refractivity contribution in [1.29, 1.82) is 0 Å². The monoisotopic (exact) mass is 509 g/mol. The summed E-state index contributed by atoms with van der Waals surface area (Å²) >= 11 is 8.91. The van der Waals surface area contributed by atoms with Crippen molar-refractivity contribution in [2.24, 2.45) is 11.6 Å². The molecular formula is C15H15BrClF2N7O2S. The summed E-state index contributed by atoms with van der Waals surface area (Å²) in [6, 6.07) is 3.25. The van der Waals surface area contributed by atoms with Crippen LogP contribution in [0.1, 0.15) is 13.5 Å². The molecule has 1 aromatic carbocycles. The number of hydrazine groups is 1. The summed E-state index contributed by atoms with van der Waals surface area (Å²) in [4.78, 5) is 3.32. The molecule has 156 valence electrons. The van der Waals surface area contributed by atoms with Crippen molar-refractivity contribution in [2.75, 3.05) is 9.73 Å². The molecule has 6 N–H and O–H groups in total. The summed E-state index contributed by atoms with van der Waals surface area (Å²) in [5.74, 6) is 5.69. The van der Waals surface area contributed by atoms with Crippen LogP contribution in [0.5, 0.6) is 5.88 Å². The highest BCUT2D eigenvalue weighted by molar-refractivity contribution is 9.06. The van der Waals surface area contributed by atoms with E-state index in [1.54, 1.807) is 19.1 Å². The van der Waals surface area contributed by atoms with Crippen LogP contribution < -0.4 is 25.1 Å². The predicted octanol–water partition coefficient (Wildman–Crippen LogP) is 3.74. The lowest BCUT2D eigenvalue weighted by atomic mass is 10.2. The molecule has 0 amide bonds. The zero-order chi connectivity index (χ0) is 21.3. The number of nitrogens with zero attached hydrogens (tertiary/aromatic N) is 3. The second kappa shape index (κ2) is 8.57. The fourth-order valence-corrected chi connectivity index (χ4v) is 4.18. The maximum absolute atomic E-state index is 12.9. The molecule has 1 atom stereocenters. The van der Waals surface area contributed by atoms with Crippen LogP contribution in [0.4, 0.5) is 20.2 Å². The standard InChI is InChI=1S/C15H15BrClF2N7O2S/c1-7(20)6-25(21)13-9(17)3-2-8-11(5-22-12(8)13)29(27)24-10-4-23-26(15(18)19)14(10)28-16/h2-6,15,22,24H,20-21H2,1H3/b7-6-. The number of allylic oxidation sites excluding steroid dienone is 1. The van der Waals surface area contributed by atoms with Gasteiger partial charge in [0.15, 0.2) is 27.2 Å². The number of rotatable bonds is 7. The molecule has 3 aromatic rings. The summed E-state index contributed by atoms with van der Waals surface area (Å²) in [6.07, 6.45) is 4.05. The Labute approximate surface area is 179 Å². The Morgan fingerprint density at radius 2 is 2.28 bits per heavy atom.